The highest BCUT2D eigenvalue weighted by Gasteiger charge is 2.22. The summed E-state index contributed by atoms with van der Waals surface area (Å²) in [6.07, 6.45) is -0.514. The summed E-state index contributed by atoms with van der Waals surface area (Å²) in [6.45, 7) is 0. The van der Waals surface area contributed by atoms with Gasteiger partial charge in [-0.2, -0.15) is 0 Å². The molecule has 1 unspecified atom stereocenters. The molecule has 4 nitrogen and oxygen atoms in total. The van der Waals surface area contributed by atoms with Gasteiger partial charge in [-0.3, -0.25) is 9.59 Å². The summed E-state index contributed by atoms with van der Waals surface area (Å²) in [7, 11) is 0. The fraction of sp³-hybridized carbons (Fsp3) is 0.130. The zero-order valence-corrected chi connectivity index (χ0v) is 17.3. The van der Waals surface area contributed by atoms with E-state index in [0.29, 0.717) is 34.0 Å². The number of carbonyl (C=O) groups is 2. The Balaban J connectivity index is 1.68. The first kappa shape index (κ1) is 21.8. The lowest BCUT2D eigenvalue weighted by molar-refractivity contribution is 0.0787. The van der Waals surface area contributed by atoms with Gasteiger partial charge in [0, 0.05) is 23.6 Å². The maximum absolute atomic E-state index is 13.1. The molecule has 0 saturated carbocycles. The van der Waals surface area contributed by atoms with Crippen molar-refractivity contribution in [1.82, 2.24) is 0 Å². The molecule has 30 heavy (non-hydrogen) atoms. The lowest BCUT2D eigenvalue weighted by Crippen LogP contribution is -2.28. The molecule has 0 aliphatic carbocycles. The normalized spacial score (nSPS) is 11.6. The first-order valence-corrected chi connectivity index (χ1v) is 10.1. The van der Waals surface area contributed by atoms with Gasteiger partial charge >= 0.3 is 0 Å². The van der Waals surface area contributed by atoms with Crippen LogP contribution in [0.25, 0.3) is 0 Å². The monoisotopic (exact) mass is 445 g/mol. The van der Waals surface area contributed by atoms with Gasteiger partial charge in [0.15, 0.2) is 6.10 Å². The lowest BCUT2D eigenvalue weighted by atomic mass is 10.0. The summed E-state index contributed by atoms with van der Waals surface area (Å²) >= 11 is 11.9. The SMILES string of the molecule is O=C(Nc1ccc(OC(CCCl)C(=O)c2ccc(F)cc2)cc1)c1ccccc1Cl. The van der Waals surface area contributed by atoms with Gasteiger partial charge in [-0.1, -0.05) is 23.7 Å². The summed E-state index contributed by atoms with van der Waals surface area (Å²) in [5.41, 5.74) is 1.26. The molecule has 0 saturated heterocycles. The number of nitrogens with one attached hydrogen (secondary N) is 1. The average molecular weight is 446 g/mol. The molecule has 0 fully saturated rings. The minimum atomic E-state index is -0.809. The Bertz CT molecular complexity index is 1020. The Hall–Kier alpha value is -2.89. The number of amides is 1. The van der Waals surface area contributed by atoms with Crippen molar-refractivity contribution in [1.29, 1.82) is 0 Å². The molecule has 1 atom stereocenters. The van der Waals surface area contributed by atoms with Crippen molar-refractivity contribution < 1.29 is 18.7 Å². The van der Waals surface area contributed by atoms with Crippen molar-refractivity contribution >= 4 is 40.6 Å². The van der Waals surface area contributed by atoms with Crippen molar-refractivity contribution in [2.24, 2.45) is 0 Å². The second kappa shape index (κ2) is 10.2. The number of halogens is 3. The van der Waals surface area contributed by atoms with Crippen LogP contribution in [0.1, 0.15) is 27.1 Å². The Morgan fingerprint density at radius 1 is 0.967 bits per heavy atom. The Morgan fingerprint density at radius 2 is 1.63 bits per heavy atom. The molecule has 0 aliphatic rings. The van der Waals surface area contributed by atoms with E-state index in [4.69, 9.17) is 27.9 Å². The Labute approximate surface area is 183 Å². The second-order valence-electron chi connectivity index (χ2n) is 6.41. The van der Waals surface area contributed by atoms with Crippen molar-refractivity contribution in [3.63, 3.8) is 0 Å². The lowest BCUT2D eigenvalue weighted by Gasteiger charge is -2.17. The predicted molar refractivity (Wildman–Crippen MR) is 116 cm³/mol. The van der Waals surface area contributed by atoms with Crippen molar-refractivity contribution in [2.75, 3.05) is 11.2 Å². The summed E-state index contributed by atoms with van der Waals surface area (Å²) in [4.78, 5) is 25.0. The Morgan fingerprint density at radius 3 is 2.27 bits per heavy atom. The fourth-order valence-corrected chi connectivity index (χ4v) is 3.19. The molecule has 0 aliphatic heterocycles. The molecule has 0 heterocycles. The molecule has 0 spiro atoms. The van der Waals surface area contributed by atoms with Gasteiger partial charge < -0.3 is 10.1 Å². The van der Waals surface area contributed by atoms with Crippen LogP contribution in [0, 0.1) is 5.82 Å². The van der Waals surface area contributed by atoms with E-state index in [9.17, 15) is 14.0 Å². The van der Waals surface area contributed by atoms with E-state index in [1.54, 1.807) is 48.5 Å². The third-order valence-electron chi connectivity index (χ3n) is 4.30. The molecule has 3 aromatic carbocycles. The third-order valence-corrected chi connectivity index (χ3v) is 4.85. The number of ketones is 1. The van der Waals surface area contributed by atoms with Crippen LogP contribution >= 0.6 is 23.2 Å². The molecule has 7 heteroatoms. The highest BCUT2D eigenvalue weighted by Crippen LogP contribution is 2.22. The first-order valence-electron chi connectivity index (χ1n) is 9.16. The van der Waals surface area contributed by atoms with E-state index in [-0.39, 0.29) is 17.6 Å². The number of hydrogen-bond donors (Lipinski definition) is 1. The molecule has 0 bridgehead atoms. The molecule has 0 radical (unpaired) electrons. The highest BCUT2D eigenvalue weighted by molar-refractivity contribution is 6.34. The van der Waals surface area contributed by atoms with Gasteiger partial charge in [0.1, 0.15) is 11.6 Å². The fourth-order valence-electron chi connectivity index (χ4n) is 2.77. The molecule has 3 rings (SSSR count). The highest BCUT2D eigenvalue weighted by atomic mass is 35.5. The van der Waals surface area contributed by atoms with E-state index in [1.165, 1.54) is 24.3 Å². The smallest absolute Gasteiger partial charge is 0.257 e. The second-order valence-corrected chi connectivity index (χ2v) is 7.20. The van der Waals surface area contributed by atoms with Crippen LogP contribution in [0.15, 0.2) is 72.8 Å². The van der Waals surface area contributed by atoms with Gasteiger partial charge in [-0.25, -0.2) is 4.39 Å². The first-order chi connectivity index (χ1) is 14.5. The predicted octanol–water partition coefficient (Wildman–Crippen LogP) is 5.99. The van der Waals surface area contributed by atoms with E-state index in [1.807, 2.05) is 0 Å². The minimum absolute atomic E-state index is 0.226. The van der Waals surface area contributed by atoms with Gasteiger partial charge in [0.2, 0.25) is 5.78 Å². The number of anilines is 1. The molecule has 0 aromatic heterocycles. The van der Waals surface area contributed by atoms with E-state index in [0.717, 1.165) is 0 Å². The van der Waals surface area contributed by atoms with E-state index in [2.05, 4.69) is 5.32 Å². The number of ether oxygens (including phenoxy) is 1. The number of hydrogen-bond acceptors (Lipinski definition) is 3. The summed E-state index contributed by atoms with van der Waals surface area (Å²) in [5, 5.41) is 3.12. The molecule has 1 N–H and O–H groups in total. The van der Waals surface area contributed by atoms with Crippen LogP contribution in [0.4, 0.5) is 10.1 Å². The number of rotatable bonds is 8. The molecule has 154 valence electrons. The van der Waals surface area contributed by atoms with Gasteiger partial charge in [0.25, 0.3) is 5.91 Å². The molecular weight excluding hydrogens is 428 g/mol. The van der Waals surface area contributed by atoms with E-state index < -0.39 is 11.9 Å². The standard InChI is InChI=1S/C23H18Cl2FNO3/c24-14-13-21(22(28)15-5-7-16(26)8-6-15)30-18-11-9-17(10-12-18)27-23(29)19-3-1-2-4-20(19)25/h1-12,21H,13-14H2,(H,27,29). The van der Waals surface area contributed by atoms with Crippen molar-refractivity contribution in [3.8, 4) is 5.75 Å². The largest absolute Gasteiger partial charge is 0.482 e. The molecule has 3 aromatic rings. The number of carbonyl (C=O) groups excluding carboxylic acids is 2. The topological polar surface area (TPSA) is 55.4 Å². The Kier molecular flexibility index (Phi) is 7.44. The van der Waals surface area contributed by atoms with Crippen LogP contribution in [-0.4, -0.2) is 23.7 Å². The zero-order valence-electron chi connectivity index (χ0n) is 15.8. The summed E-state index contributed by atoms with van der Waals surface area (Å²) in [6, 6.07) is 18.6. The minimum Gasteiger partial charge on any atom is -0.482 e. The molecular formula is C23H18Cl2FNO3. The zero-order chi connectivity index (χ0) is 21.5. The number of alkyl halides is 1. The summed E-state index contributed by atoms with van der Waals surface area (Å²) in [5.74, 6) is -0.372. The average Bonchev–Trinajstić information content (AvgIpc) is 2.75. The maximum atomic E-state index is 13.1. The summed E-state index contributed by atoms with van der Waals surface area (Å²) < 4.78 is 18.9. The quantitative estimate of drug-likeness (QED) is 0.342. The van der Waals surface area contributed by atoms with Gasteiger partial charge in [-0.15, -0.1) is 11.6 Å². The van der Waals surface area contributed by atoms with Crippen molar-refractivity contribution in [2.45, 2.75) is 12.5 Å². The van der Waals surface area contributed by atoms with Crippen LogP contribution in [0.3, 0.4) is 0 Å². The van der Waals surface area contributed by atoms with Crippen LogP contribution in [0.2, 0.25) is 5.02 Å². The van der Waals surface area contributed by atoms with Gasteiger partial charge in [-0.05, 0) is 60.7 Å². The number of benzene rings is 3. The van der Waals surface area contributed by atoms with Crippen molar-refractivity contribution in [3.05, 3.63) is 94.8 Å². The number of Topliss-reactive ketones (excluding diaryl/α,β-unsaturated/α-hetero) is 1. The molecule has 1 amide bonds. The van der Waals surface area contributed by atoms with Crippen LogP contribution in [-0.2, 0) is 0 Å². The third kappa shape index (κ3) is 5.59. The van der Waals surface area contributed by atoms with Crippen LogP contribution in [0.5, 0.6) is 5.75 Å². The maximum Gasteiger partial charge on any atom is 0.257 e. The van der Waals surface area contributed by atoms with Gasteiger partial charge in [0.05, 0.1) is 10.6 Å². The van der Waals surface area contributed by atoms with Crippen LogP contribution < -0.4 is 10.1 Å². The van der Waals surface area contributed by atoms with E-state index >= 15 is 0 Å².